The molecule has 1 heterocycles. The van der Waals surface area contributed by atoms with E-state index in [-0.39, 0.29) is 11.1 Å². The van der Waals surface area contributed by atoms with Crippen molar-refractivity contribution in [3.05, 3.63) is 35.4 Å². The van der Waals surface area contributed by atoms with E-state index in [2.05, 4.69) is 0 Å². The van der Waals surface area contributed by atoms with Crippen molar-refractivity contribution >= 4 is 17.8 Å². The molecule has 3 rings (SSSR count). The lowest BCUT2D eigenvalue weighted by Crippen LogP contribution is -2.52. The predicted octanol–water partition coefficient (Wildman–Crippen LogP) is 4.80. The molecule has 0 unspecified atom stereocenters. The van der Waals surface area contributed by atoms with Crippen LogP contribution in [0.25, 0.3) is 0 Å². The number of imide groups is 1. The minimum atomic E-state index is -1.26. The van der Waals surface area contributed by atoms with Gasteiger partial charge in [0.05, 0.1) is 22.1 Å². The standard InChI is InChI=1S/C24H33NO5/c1-23(2,24(29)16-12-8-6-4-3-5-7-9-13-17-24)22(28)30-25-20(26)18-14-10-11-15-19(18)21(25)27/h10-11,14-15,29H,3-9,12-13,16-17H2,1-2H3. The fraction of sp³-hybridized carbons (Fsp3) is 0.625. The molecule has 0 saturated heterocycles. The predicted molar refractivity (Wildman–Crippen MR) is 113 cm³/mol. The van der Waals surface area contributed by atoms with E-state index >= 15 is 0 Å². The molecule has 1 aromatic rings. The first-order chi connectivity index (χ1) is 14.3. The summed E-state index contributed by atoms with van der Waals surface area (Å²) in [6.07, 6.45) is 10.7. The van der Waals surface area contributed by atoms with E-state index in [0.717, 1.165) is 38.5 Å². The highest BCUT2D eigenvalue weighted by Crippen LogP contribution is 2.41. The zero-order chi connectivity index (χ0) is 21.8. The van der Waals surface area contributed by atoms with Gasteiger partial charge in [-0.15, -0.1) is 0 Å². The fourth-order valence-electron chi connectivity index (χ4n) is 4.46. The van der Waals surface area contributed by atoms with Crippen LogP contribution < -0.4 is 0 Å². The molecule has 1 aromatic carbocycles. The Kier molecular flexibility index (Phi) is 6.96. The van der Waals surface area contributed by atoms with Crippen molar-refractivity contribution in [2.75, 3.05) is 0 Å². The van der Waals surface area contributed by atoms with Crippen LogP contribution in [0.1, 0.15) is 105 Å². The highest BCUT2D eigenvalue weighted by atomic mass is 16.7. The number of hydrogen-bond donors (Lipinski definition) is 1. The summed E-state index contributed by atoms with van der Waals surface area (Å²) in [6.45, 7) is 3.30. The molecule has 1 aliphatic heterocycles. The van der Waals surface area contributed by atoms with E-state index in [1.807, 2.05) is 0 Å². The summed E-state index contributed by atoms with van der Waals surface area (Å²) in [5.41, 5.74) is -2.07. The maximum absolute atomic E-state index is 13.1. The average Bonchev–Trinajstić information content (AvgIpc) is 2.95. The van der Waals surface area contributed by atoms with Crippen LogP contribution in [-0.4, -0.2) is 33.6 Å². The quantitative estimate of drug-likeness (QED) is 0.717. The molecule has 1 saturated carbocycles. The number of rotatable bonds is 3. The molecule has 164 valence electrons. The second kappa shape index (κ2) is 9.29. The number of carbonyl (C=O) groups excluding carboxylic acids is 3. The lowest BCUT2D eigenvalue weighted by atomic mass is 9.69. The van der Waals surface area contributed by atoms with Gasteiger partial charge in [0.2, 0.25) is 0 Å². The Morgan fingerprint density at radius 3 is 1.70 bits per heavy atom. The maximum Gasteiger partial charge on any atom is 0.341 e. The second-order valence-electron chi connectivity index (χ2n) is 9.17. The van der Waals surface area contributed by atoms with E-state index in [1.165, 1.54) is 31.4 Å². The van der Waals surface area contributed by atoms with Gasteiger partial charge in [0.15, 0.2) is 0 Å². The van der Waals surface area contributed by atoms with Gasteiger partial charge < -0.3 is 9.94 Å². The summed E-state index contributed by atoms with van der Waals surface area (Å²) in [5.74, 6) is -2.05. The zero-order valence-corrected chi connectivity index (χ0v) is 18.1. The Morgan fingerprint density at radius 1 is 0.867 bits per heavy atom. The SMILES string of the molecule is CC(C)(C(=O)ON1C(=O)c2ccccc2C1=O)C1(O)CCCCCCCCCCC1. The van der Waals surface area contributed by atoms with Gasteiger partial charge in [-0.2, -0.15) is 0 Å². The summed E-state index contributed by atoms with van der Waals surface area (Å²) in [5, 5.41) is 12.1. The first-order valence-corrected chi connectivity index (χ1v) is 11.2. The van der Waals surface area contributed by atoms with Gasteiger partial charge in [-0.25, -0.2) is 4.79 Å². The summed E-state index contributed by atoms with van der Waals surface area (Å²) in [7, 11) is 0. The topological polar surface area (TPSA) is 83.9 Å². The largest absolute Gasteiger partial charge is 0.389 e. The first kappa shape index (κ1) is 22.5. The number of aliphatic hydroxyl groups is 1. The number of amides is 2. The van der Waals surface area contributed by atoms with Crippen LogP contribution in [0.3, 0.4) is 0 Å². The van der Waals surface area contributed by atoms with Crippen molar-refractivity contribution in [2.24, 2.45) is 5.41 Å². The molecule has 0 aromatic heterocycles. The Bertz CT molecular complexity index is 754. The monoisotopic (exact) mass is 415 g/mol. The van der Waals surface area contributed by atoms with E-state index < -0.39 is 28.8 Å². The third kappa shape index (κ3) is 4.43. The lowest BCUT2D eigenvalue weighted by Gasteiger charge is -2.41. The van der Waals surface area contributed by atoms with Crippen LogP contribution >= 0.6 is 0 Å². The molecule has 1 N–H and O–H groups in total. The molecule has 30 heavy (non-hydrogen) atoms. The minimum Gasteiger partial charge on any atom is -0.389 e. The van der Waals surface area contributed by atoms with Crippen molar-refractivity contribution in [3.63, 3.8) is 0 Å². The van der Waals surface area contributed by atoms with Crippen LogP contribution in [-0.2, 0) is 9.63 Å². The minimum absolute atomic E-state index is 0.220. The van der Waals surface area contributed by atoms with Crippen LogP contribution in [0.15, 0.2) is 24.3 Å². The van der Waals surface area contributed by atoms with E-state index in [9.17, 15) is 19.5 Å². The molecule has 1 fully saturated rings. The van der Waals surface area contributed by atoms with Gasteiger partial charge in [0.25, 0.3) is 11.8 Å². The Balaban J connectivity index is 1.74. The lowest BCUT2D eigenvalue weighted by molar-refractivity contribution is -0.197. The molecule has 6 nitrogen and oxygen atoms in total. The number of hydrogen-bond acceptors (Lipinski definition) is 5. The number of nitrogens with zero attached hydrogens (tertiary/aromatic N) is 1. The van der Waals surface area contributed by atoms with Gasteiger partial charge >= 0.3 is 5.97 Å². The number of benzene rings is 1. The smallest absolute Gasteiger partial charge is 0.341 e. The highest BCUT2D eigenvalue weighted by molar-refractivity contribution is 6.20. The van der Waals surface area contributed by atoms with Gasteiger partial charge in [-0.1, -0.05) is 75.0 Å². The fourth-order valence-corrected chi connectivity index (χ4v) is 4.46. The summed E-state index contributed by atoms with van der Waals surface area (Å²) >= 11 is 0. The van der Waals surface area contributed by atoms with Gasteiger partial charge in [-0.05, 0) is 38.8 Å². The number of fused-ring (bicyclic) bond motifs is 1. The Morgan fingerprint density at radius 2 is 1.27 bits per heavy atom. The van der Waals surface area contributed by atoms with E-state index in [4.69, 9.17) is 4.84 Å². The van der Waals surface area contributed by atoms with Gasteiger partial charge in [0, 0.05) is 0 Å². The van der Waals surface area contributed by atoms with Crippen molar-refractivity contribution in [1.29, 1.82) is 0 Å². The molecular formula is C24H33NO5. The number of hydroxylamine groups is 2. The van der Waals surface area contributed by atoms with Crippen LogP contribution in [0, 0.1) is 5.41 Å². The van der Waals surface area contributed by atoms with Crippen LogP contribution in [0.5, 0.6) is 0 Å². The molecular weight excluding hydrogens is 382 g/mol. The third-order valence-corrected chi connectivity index (χ3v) is 6.79. The highest BCUT2D eigenvalue weighted by Gasteiger charge is 2.51. The zero-order valence-electron chi connectivity index (χ0n) is 18.1. The molecule has 0 spiro atoms. The third-order valence-electron chi connectivity index (χ3n) is 6.79. The normalized spacial score (nSPS) is 20.8. The Labute approximate surface area is 178 Å². The molecule has 0 atom stereocenters. The maximum atomic E-state index is 13.1. The van der Waals surface area contributed by atoms with Gasteiger partial charge in [0.1, 0.15) is 0 Å². The van der Waals surface area contributed by atoms with Crippen molar-refractivity contribution in [2.45, 2.75) is 90.1 Å². The van der Waals surface area contributed by atoms with E-state index in [1.54, 1.807) is 26.0 Å². The molecule has 1 aliphatic carbocycles. The first-order valence-electron chi connectivity index (χ1n) is 11.2. The van der Waals surface area contributed by atoms with Gasteiger partial charge in [-0.3, -0.25) is 9.59 Å². The summed E-state index contributed by atoms with van der Waals surface area (Å²) in [6, 6.07) is 6.39. The van der Waals surface area contributed by atoms with Crippen LogP contribution in [0.2, 0.25) is 0 Å². The molecule has 2 aliphatic rings. The van der Waals surface area contributed by atoms with E-state index in [0.29, 0.717) is 17.9 Å². The number of carbonyl (C=O) groups is 3. The summed E-state index contributed by atoms with van der Waals surface area (Å²) < 4.78 is 0. The van der Waals surface area contributed by atoms with Crippen molar-refractivity contribution in [3.8, 4) is 0 Å². The average molecular weight is 416 g/mol. The molecule has 0 bridgehead atoms. The molecule has 2 amide bonds. The van der Waals surface area contributed by atoms with Crippen molar-refractivity contribution < 1.29 is 24.3 Å². The Hall–Kier alpha value is -2.21. The molecule has 0 radical (unpaired) electrons. The summed E-state index contributed by atoms with van der Waals surface area (Å²) in [4.78, 5) is 43.5. The van der Waals surface area contributed by atoms with Crippen molar-refractivity contribution in [1.82, 2.24) is 5.06 Å². The second-order valence-corrected chi connectivity index (χ2v) is 9.17. The molecule has 6 heteroatoms. The van der Waals surface area contributed by atoms with Crippen LogP contribution in [0.4, 0.5) is 0 Å².